The fraction of sp³-hybridized carbons (Fsp3) is 1.00. The van der Waals surface area contributed by atoms with Gasteiger partial charge in [-0.3, -0.25) is 0 Å². The molecule has 0 aliphatic heterocycles. The van der Waals surface area contributed by atoms with Crippen LogP contribution in [-0.4, -0.2) is 62.0 Å². The van der Waals surface area contributed by atoms with E-state index in [9.17, 15) is 83.1 Å². The Labute approximate surface area is 165 Å². The highest BCUT2D eigenvalue weighted by molar-refractivity contribution is 7.86. The van der Waals surface area contributed by atoms with E-state index in [1.165, 1.54) is 0 Å². The molecule has 0 heterocycles. The molecule has 0 aliphatic carbocycles. The van der Waals surface area contributed by atoms with Crippen molar-refractivity contribution in [2.24, 2.45) is 0 Å². The van der Waals surface area contributed by atoms with Crippen molar-refractivity contribution in [2.75, 3.05) is 5.75 Å². The van der Waals surface area contributed by atoms with E-state index in [0.29, 0.717) is 0 Å². The summed E-state index contributed by atoms with van der Waals surface area (Å²) in [4.78, 5) is 0. The van der Waals surface area contributed by atoms with Crippen LogP contribution in [0, 0.1) is 0 Å². The summed E-state index contributed by atoms with van der Waals surface area (Å²) in [7, 11) is -6.00. The second kappa shape index (κ2) is 7.90. The lowest BCUT2D eigenvalue weighted by atomic mass is 9.91. The van der Waals surface area contributed by atoms with Crippen molar-refractivity contribution in [3.05, 3.63) is 0 Å². The van der Waals surface area contributed by atoms with Crippen LogP contribution in [0.2, 0.25) is 0 Å². The summed E-state index contributed by atoms with van der Waals surface area (Å²) in [5.74, 6) is -53.0. The first-order valence-electron chi connectivity index (χ1n) is 7.16. The molecule has 21 heteroatoms. The molecule has 0 N–H and O–H groups in total. The molecule has 0 atom stereocenters. The first-order chi connectivity index (χ1) is 13.5. The van der Waals surface area contributed by atoms with Gasteiger partial charge in [-0.15, -0.1) is 0 Å². The van der Waals surface area contributed by atoms with Crippen molar-refractivity contribution >= 4 is 10.1 Å². The maximum absolute atomic E-state index is 13.4. The summed E-state index contributed by atoms with van der Waals surface area (Å²) in [5.41, 5.74) is 0. The molecule has 3 nitrogen and oxygen atoms in total. The van der Waals surface area contributed by atoms with E-state index in [2.05, 4.69) is 4.18 Å². The second-order valence-corrected chi connectivity index (χ2v) is 7.50. The predicted molar refractivity (Wildman–Crippen MR) is 65.8 cm³/mol. The molecule has 0 aliphatic rings. The van der Waals surface area contributed by atoms with Gasteiger partial charge in [-0.05, 0) is 6.42 Å². The minimum absolute atomic E-state index is 0.770. The lowest BCUT2D eigenvalue weighted by Gasteiger charge is -2.42. The third-order valence-electron chi connectivity index (χ3n) is 3.38. The minimum atomic E-state index is -8.79. The van der Waals surface area contributed by atoms with Gasteiger partial charge in [0, 0.05) is 0 Å². The van der Waals surface area contributed by atoms with Gasteiger partial charge in [0.15, 0.2) is 0 Å². The molecular weight excluding hydrogens is 535 g/mol. The average Bonchev–Trinajstić information content (AvgIpc) is 2.51. The van der Waals surface area contributed by atoms with Gasteiger partial charge in [0.2, 0.25) is 0 Å². The van der Waals surface area contributed by atoms with Crippen molar-refractivity contribution in [1.82, 2.24) is 0 Å². The van der Waals surface area contributed by atoms with Crippen molar-refractivity contribution < 1.29 is 87.2 Å². The van der Waals surface area contributed by atoms with Crippen LogP contribution in [0.5, 0.6) is 0 Å². The Morgan fingerprint density at radius 3 is 1.09 bits per heavy atom. The second-order valence-electron chi connectivity index (χ2n) is 5.81. The zero-order chi connectivity index (χ0) is 26.6. The highest BCUT2D eigenvalue weighted by atomic mass is 32.2. The lowest BCUT2D eigenvalue weighted by molar-refractivity contribution is -0.471. The first-order valence-corrected chi connectivity index (χ1v) is 8.74. The normalized spacial score (nSPS) is 16.4. The molecule has 0 fully saturated rings. The van der Waals surface area contributed by atoms with Crippen molar-refractivity contribution in [3.8, 4) is 0 Å². The summed E-state index contributed by atoms with van der Waals surface area (Å²) < 4.78 is 244. The van der Waals surface area contributed by atoms with Gasteiger partial charge in [0.05, 0.1) is 5.75 Å². The molecule has 0 aromatic rings. The Hall–Kier alpha value is -1.28. The molecule has 0 unspecified atom stereocenters. The summed E-state index contributed by atoms with van der Waals surface area (Å²) in [6.07, 6.45) is -16.0. The zero-order valence-electron chi connectivity index (χ0n) is 14.5. The molecule has 0 bridgehead atoms. The van der Waals surface area contributed by atoms with E-state index in [1.54, 1.807) is 0 Å². The summed E-state index contributed by atoms with van der Waals surface area (Å²) >= 11 is 0. The van der Waals surface area contributed by atoms with Gasteiger partial charge in [-0.1, -0.05) is 6.92 Å². The van der Waals surface area contributed by atoms with Crippen LogP contribution in [0.25, 0.3) is 0 Å². The van der Waals surface area contributed by atoms with Crippen LogP contribution in [0.4, 0.5) is 74.6 Å². The quantitative estimate of drug-likeness (QED) is 0.263. The number of hydrogen-bond donors (Lipinski definition) is 0. The van der Waals surface area contributed by atoms with E-state index in [4.69, 9.17) is 0 Å². The van der Waals surface area contributed by atoms with Gasteiger partial charge in [0.1, 0.15) is 0 Å². The van der Waals surface area contributed by atoms with E-state index in [0.717, 1.165) is 6.92 Å². The van der Waals surface area contributed by atoms with Gasteiger partial charge >= 0.3 is 47.8 Å². The molecule has 0 radical (unpaired) electrons. The fourth-order valence-electron chi connectivity index (χ4n) is 1.65. The number of rotatable bonds is 10. The zero-order valence-corrected chi connectivity index (χ0v) is 15.3. The van der Waals surface area contributed by atoms with Crippen LogP contribution in [0.15, 0.2) is 0 Å². The molecule has 0 aromatic carbocycles. The van der Waals surface area contributed by atoms with Gasteiger partial charge in [-0.25, -0.2) is 0 Å². The number of halogens is 17. The monoisotopic (exact) mass is 542 g/mol. The predicted octanol–water partition coefficient (Wildman–Crippen LogP) is 5.71. The molecule has 0 amide bonds. The van der Waals surface area contributed by atoms with Gasteiger partial charge in [-0.2, -0.15) is 87.2 Å². The standard InChI is InChI=1S/C11H7F17O3S/c1-2-3-32(29,30)31-11(27,28)9(22,23)7(18,19)5(14,15)4(12,13)6(16,17)8(20,21)10(24,25)26/h2-3H2,1H3. The van der Waals surface area contributed by atoms with E-state index < -0.39 is 70.1 Å². The first kappa shape index (κ1) is 30.7. The largest absolute Gasteiger partial charge is 0.460 e. The third-order valence-corrected chi connectivity index (χ3v) is 4.75. The van der Waals surface area contributed by atoms with E-state index in [1.807, 2.05) is 0 Å². The van der Waals surface area contributed by atoms with Crippen molar-refractivity contribution in [2.45, 2.75) is 61.2 Å². The molecular formula is C11H7F17O3S. The Morgan fingerprint density at radius 1 is 0.531 bits per heavy atom. The smallest absolute Gasteiger partial charge is 0.199 e. The number of alkyl halides is 17. The lowest BCUT2D eigenvalue weighted by Crippen LogP contribution is -2.74. The Bertz CT molecular complexity index is 782. The van der Waals surface area contributed by atoms with Crippen molar-refractivity contribution in [1.29, 1.82) is 0 Å². The van der Waals surface area contributed by atoms with Gasteiger partial charge in [0.25, 0.3) is 10.1 Å². The minimum Gasteiger partial charge on any atom is -0.199 e. The SMILES string of the molecule is CCCS(=O)(=O)OC(F)(F)C(F)(F)C(F)(F)C(F)(F)C(F)(F)C(F)(F)C(F)(F)C(F)(F)F. The number of hydrogen-bond acceptors (Lipinski definition) is 3. The van der Waals surface area contributed by atoms with Crippen LogP contribution in [0.1, 0.15) is 13.3 Å². The topological polar surface area (TPSA) is 43.4 Å². The van der Waals surface area contributed by atoms with Crippen LogP contribution in [0.3, 0.4) is 0 Å². The maximum atomic E-state index is 13.4. The maximum Gasteiger partial charge on any atom is 0.460 e. The molecule has 0 rings (SSSR count). The Kier molecular flexibility index (Phi) is 7.58. The highest BCUT2D eigenvalue weighted by Crippen LogP contribution is 2.64. The molecule has 0 spiro atoms. The summed E-state index contributed by atoms with van der Waals surface area (Å²) in [6.45, 7) is 0.823. The van der Waals surface area contributed by atoms with Crippen LogP contribution in [-0.2, 0) is 14.3 Å². The Morgan fingerprint density at radius 2 is 0.812 bits per heavy atom. The third kappa shape index (κ3) is 4.29. The average molecular weight is 542 g/mol. The molecule has 194 valence electrons. The van der Waals surface area contributed by atoms with E-state index >= 15 is 0 Å². The molecule has 0 aromatic heterocycles. The summed E-state index contributed by atoms with van der Waals surface area (Å²) in [5, 5.41) is 0. The molecule has 32 heavy (non-hydrogen) atoms. The van der Waals surface area contributed by atoms with Crippen LogP contribution >= 0.6 is 0 Å². The highest BCUT2D eigenvalue weighted by Gasteiger charge is 2.95. The molecule has 0 saturated carbocycles. The molecule has 0 saturated heterocycles. The van der Waals surface area contributed by atoms with Crippen molar-refractivity contribution in [3.63, 3.8) is 0 Å². The summed E-state index contributed by atoms with van der Waals surface area (Å²) in [6, 6.07) is 0. The Balaban J connectivity index is 6.72. The fourth-order valence-corrected chi connectivity index (χ4v) is 2.66. The van der Waals surface area contributed by atoms with Crippen LogP contribution < -0.4 is 0 Å². The van der Waals surface area contributed by atoms with Gasteiger partial charge < -0.3 is 0 Å². The van der Waals surface area contributed by atoms with E-state index in [-0.39, 0.29) is 0 Å².